The third kappa shape index (κ3) is 3.73. The number of ketones is 1. The van der Waals surface area contributed by atoms with Crippen molar-refractivity contribution < 1.29 is 4.79 Å². The summed E-state index contributed by atoms with van der Waals surface area (Å²) in [7, 11) is 0. The van der Waals surface area contributed by atoms with Crippen molar-refractivity contribution in [2.45, 2.75) is 39.0 Å². The van der Waals surface area contributed by atoms with Crippen LogP contribution in [0.3, 0.4) is 0 Å². The van der Waals surface area contributed by atoms with Crippen LogP contribution in [0.1, 0.15) is 54.1 Å². The van der Waals surface area contributed by atoms with Gasteiger partial charge in [-0.15, -0.1) is 0 Å². The first-order valence-electron chi connectivity index (χ1n) is 8.78. The summed E-state index contributed by atoms with van der Waals surface area (Å²) in [5, 5.41) is 2.30. The Kier molecular flexibility index (Phi) is 5.10. The molecule has 122 valence electrons. The number of aryl methyl sites for hydroxylation is 1. The van der Waals surface area contributed by atoms with Gasteiger partial charge < -0.3 is 0 Å². The largest absolute Gasteiger partial charge is 0.294 e. The maximum absolute atomic E-state index is 12.5. The highest BCUT2D eigenvalue weighted by Crippen LogP contribution is 2.21. The lowest BCUT2D eigenvalue weighted by Gasteiger charge is -2.10. The molecule has 0 saturated heterocycles. The molecule has 0 radical (unpaired) electrons. The predicted octanol–water partition coefficient (Wildman–Crippen LogP) is 6.17. The van der Waals surface area contributed by atoms with E-state index in [0.717, 1.165) is 23.8 Å². The second-order valence-electron chi connectivity index (χ2n) is 6.54. The Labute approximate surface area is 144 Å². The molecule has 0 aliphatic heterocycles. The van der Waals surface area contributed by atoms with Gasteiger partial charge in [0.05, 0.1) is 0 Å². The molecule has 0 amide bonds. The van der Waals surface area contributed by atoms with Crippen LogP contribution in [0.15, 0.2) is 66.7 Å². The minimum absolute atomic E-state index is 0.217. The minimum Gasteiger partial charge on any atom is -0.294 e. The Morgan fingerprint density at radius 2 is 1.71 bits per heavy atom. The second-order valence-corrected chi connectivity index (χ2v) is 6.54. The standard InChI is InChI=1S/C23H24O/c1-3-17(2)20-10-6-7-18(15-20)11-14-23(24)22-13-12-19-8-4-5-9-21(19)16-22/h4-10,12-13,15-17H,3,11,14H2,1-2H3. The molecule has 0 heterocycles. The zero-order valence-corrected chi connectivity index (χ0v) is 14.5. The first-order chi connectivity index (χ1) is 11.7. The molecule has 0 N–H and O–H groups in total. The fourth-order valence-corrected chi connectivity index (χ4v) is 3.06. The number of carbonyl (C=O) groups excluding carboxylic acids is 1. The molecule has 0 aliphatic rings. The van der Waals surface area contributed by atoms with Crippen LogP contribution in [0.5, 0.6) is 0 Å². The van der Waals surface area contributed by atoms with E-state index in [1.807, 2.05) is 30.3 Å². The van der Waals surface area contributed by atoms with Crippen LogP contribution in [0.4, 0.5) is 0 Å². The van der Waals surface area contributed by atoms with Gasteiger partial charge in [0.2, 0.25) is 0 Å². The summed E-state index contributed by atoms with van der Waals surface area (Å²) in [5.41, 5.74) is 3.43. The van der Waals surface area contributed by atoms with Gasteiger partial charge in [0.25, 0.3) is 0 Å². The minimum atomic E-state index is 0.217. The average Bonchev–Trinajstić information content (AvgIpc) is 2.65. The van der Waals surface area contributed by atoms with Crippen LogP contribution >= 0.6 is 0 Å². The summed E-state index contributed by atoms with van der Waals surface area (Å²) in [6.07, 6.45) is 2.50. The van der Waals surface area contributed by atoms with Crippen molar-refractivity contribution in [2.75, 3.05) is 0 Å². The number of hydrogen-bond donors (Lipinski definition) is 0. The lowest BCUT2D eigenvalue weighted by Crippen LogP contribution is -2.02. The van der Waals surface area contributed by atoms with Gasteiger partial charge in [0.15, 0.2) is 5.78 Å². The third-order valence-corrected chi connectivity index (χ3v) is 4.84. The summed E-state index contributed by atoms with van der Waals surface area (Å²) in [5.74, 6) is 0.788. The Hall–Kier alpha value is -2.41. The van der Waals surface area contributed by atoms with Crippen LogP contribution < -0.4 is 0 Å². The van der Waals surface area contributed by atoms with Gasteiger partial charge in [0.1, 0.15) is 0 Å². The molecule has 0 aromatic heterocycles. The molecule has 1 atom stereocenters. The SMILES string of the molecule is CCC(C)c1cccc(CCC(=O)c2ccc3ccccc3c2)c1. The molecule has 0 fully saturated rings. The van der Waals surface area contributed by atoms with Gasteiger partial charge in [-0.2, -0.15) is 0 Å². The molecule has 1 unspecified atom stereocenters. The van der Waals surface area contributed by atoms with Crippen molar-refractivity contribution in [3.05, 3.63) is 83.4 Å². The molecule has 24 heavy (non-hydrogen) atoms. The maximum atomic E-state index is 12.5. The fraction of sp³-hybridized carbons (Fsp3) is 0.261. The monoisotopic (exact) mass is 316 g/mol. The van der Waals surface area contributed by atoms with E-state index in [1.165, 1.54) is 16.5 Å². The topological polar surface area (TPSA) is 17.1 Å². The Morgan fingerprint density at radius 3 is 2.50 bits per heavy atom. The van der Waals surface area contributed by atoms with Crippen molar-refractivity contribution in [2.24, 2.45) is 0 Å². The quantitative estimate of drug-likeness (QED) is 0.497. The van der Waals surface area contributed by atoms with E-state index >= 15 is 0 Å². The summed E-state index contributed by atoms with van der Waals surface area (Å²) in [4.78, 5) is 12.5. The number of hydrogen-bond acceptors (Lipinski definition) is 1. The van der Waals surface area contributed by atoms with Gasteiger partial charge >= 0.3 is 0 Å². The third-order valence-electron chi connectivity index (χ3n) is 4.84. The Bertz CT molecular complexity index is 847. The summed E-state index contributed by atoms with van der Waals surface area (Å²) >= 11 is 0. The smallest absolute Gasteiger partial charge is 0.163 e. The first kappa shape index (κ1) is 16.4. The molecule has 0 saturated carbocycles. The van der Waals surface area contributed by atoms with E-state index in [9.17, 15) is 4.79 Å². The van der Waals surface area contributed by atoms with E-state index in [4.69, 9.17) is 0 Å². The highest BCUT2D eigenvalue weighted by atomic mass is 16.1. The van der Waals surface area contributed by atoms with Gasteiger partial charge in [-0.25, -0.2) is 0 Å². The maximum Gasteiger partial charge on any atom is 0.163 e. The lowest BCUT2D eigenvalue weighted by molar-refractivity contribution is 0.0983. The summed E-state index contributed by atoms with van der Waals surface area (Å²) in [6.45, 7) is 4.46. The van der Waals surface area contributed by atoms with Crippen LogP contribution in [0.2, 0.25) is 0 Å². The Balaban J connectivity index is 1.70. The molecular weight excluding hydrogens is 292 g/mol. The zero-order valence-electron chi connectivity index (χ0n) is 14.5. The number of benzene rings is 3. The fourth-order valence-electron chi connectivity index (χ4n) is 3.06. The van der Waals surface area contributed by atoms with Gasteiger partial charge in [-0.05, 0) is 46.7 Å². The van der Waals surface area contributed by atoms with Crippen LogP contribution in [-0.4, -0.2) is 5.78 Å². The number of rotatable bonds is 6. The van der Waals surface area contributed by atoms with Crippen molar-refractivity contribution in [3.63, 3.8) is 0 Å². The summed E-state index contributed by atoms with van der Waals surface area (Å²) in [6, 6.07) is 22.8. The van der Waals surface area contributed by atoms with E-state index in [0.29, 0.717) is 12.3 Å². The molecule has 3 rings (SSSR count). The first-order valence-corrected chi connectivity index (χ1v) is 8.78. The van der Waals surface area contributed by atoms with Crippen molar-refractivity contribution in [3.8, 4) is 0 Å². The molecule has 0 aliphatic carbocycles. The summed E-state index contributed by atoms with van der Waals surface area (Å²) < 4.78 is 0. The van der Waals surface area contributed by atoms with Crippen LogP contribution in [-0.2, 0) is 6.42 Å². The van der Waals surface area contributed by atoms with Crippen LogP contribution in [0.25, 0.3) is 10.8 Å². The van der Waals surface area contributed by atoms with Crippen molar-refractivity contribution >= 4 is 16.6 Å². The molecule has 0 bridgehead atoms. The number of Topliss-reactive ketones (excluding diaryl/α,β-unsaturated/α-hetero) is 1. The normalized spacial score (nSPS) is 12.2. The molecular formula is C23H24O. The molecule has 0 spiro atoms. The molecule has 1 nitrogen and oxygen atoms in total. The van der Waals surface area contributed by atoms with Gasteiger partial charge in [-0.3, -0.25) is 4.79 Å². The molecule has 3 aromatic rings. The van der Waals surface area contributed by atoms with Gasteiger partial charge in [0, 0.05) is 12.0 Å². The highest BCUT2D eigenvalue weighted by molar-refractivity contribution is 6.00. The van der Waals surface area contributed by atoms with Crippen LogP contribution in [0, 0.1) is 0 Å². The predicted molar refractivity (Wildman–Crippen MR) is 102 cm³/mol. The van der Waals surface area contributed by atoms with E-state index < -0.39 is 0 Å². The molecule has 1 heteroatoms. The second kappa shape index (κ2) is 7.44. The van der Waals surface area contributed by atoms with E-state index in [1.54, 1.807) is 0 Å². The number of carbonyl (C=O) groups is 1. The zero-order chi connectivity index (χ0) is 16.9. The highest BCUT2D eigenvalue weighted by Gasteiger charge is 2.08. The van der Waals surface area contributed by atoms with Gasteiger partial charge in [-0.1, -0.05) is 74.5 Å². The number of fused-ring (bicyclic) bond motifs is 1. The van der Waals surface area contributed by atoms with Crippen molar-refractivity contribution in [1.29, 1.82) is 0 Å². The average molecular weight is 316 g/mol. The van der Waals surface area contributed by atoms with E-state index in [-0.39, 0.29) is 5.78 Å². The lowest BCUT2D eigenvalue weighted by atomic mass is 9.94. The van der Waals surface area contributed by atoms with Crippen molar-refractivity contribution in [1.82, 2.24) is 0 Å². The Morgan fingerprint density at radius 1 is 0.917 bits per heavy atom. The van der Waals surface area contributed by atoms with E-state index in [2.05, 4.69) is 50.2 Å². The molecule has 3 aromatic carbocycles.